The van der Waals surface area contributed by atoms with Crippen LogP contribution in [-0.2, 0) is 10.0 Å². The van der Waals surface area contributed by atoms with E-state index in [0.717, 1.165) is 12.8 Å². The van der Waals surface area contributed by atoms with Crippen molar-refractivity contribution < 1.29 is 13.2 Å². The standard InChI is InChI=1S/C23H20N6O3S/c1-23(7-8-23)27-33(31,32)18-5-6-20-19(10-18)21(30)28(2)22-26-14-17(29(20)22)4-3-15-9-16(11-24)13-25-12-15/h5-6,9-10,12-13,17,27H,7-8,14H2,1-2H3. The Bertz CT molecular complexity index is 1430. The van der Waals surface area contributed by atoms with Crippen molar-refractivity contribution in [3.05, 3.63) is 53.3 Å². The number of fused-ring (bicyclic) bond motifs is 3. The van der Waals surface area contributed by atoms with Gasteiger partial charge in [-0.1, -0.05) is 11.8 Å². The van der Waals surface area contributed by atoms with Crippen molar-refractivity contribution >= 4 is 27.6 Å². The minimum Gasteiger partial charge on any atom is -0.295 e. The lowest BCUT2D eigenvalue weighted by Crippen LogP contribution is -2.51. The van der Waals surface area contributed by atoms with E-state index in [0.29, 0.717) is 29.3 Å². The summed E-state index contributed by atoms with van der Waals surface area (Å²) in [5.41, 5.74) is 1.45. The average molecular weight is 461 g/mol. The third-order valence-electron chi connectivity index (χ3n) is 5.94. The number of guanidine groups is 1. The number of nitrogens with zero attached hydrogens (tertiary/aromatic N) is 5. The number of aromatic nitrogens is 1. The van der Waals surface area contributed by atoms with Crippen molar-refractivity contribution in [3.8, 4) is 17.9 Å². The van der Waals surface area contributed by atoms with Gasteiger partial charge in [-0.25, -0.2) is 18.1 Å². The molecule has 0 spiro atoms. The number of hydrogen-bond donors (Lipinski definition) is 1. The molecule has 10 heteroatoms. The van der Waals surface area contributed by atoms with Gasteiger partial charge < -0.3 is 0 Å². The molecule has 1 atom stereocenters. The van der Waals surface area contributed by atoms with Crippen LogP contribution in [0.25, 0.3) is 0 Å². The third kappa shape index (κ3) is 3.74. The normalized spacial score (nSPS) is 20.2. The first kappa shape index (κ1) is 21.1. The van der Waals surface area contributed by atoms with E-state index in [1.165, 1.54) is 23.2 Å². The van der Waals surface area contributed by atoms with E-state index in [4.69, 9.17) is 5.26 Å². The van der Waals surface area contributed by atoms with Crippen molar-refractivity contribution in [2.45, 2.75) is 36.2 Å². The van der Waals surface area contributed by atoms with Crippen LogP contribution < -0.4 is 9.62 Å². The molecule has 2 aliphatic heterocycles. The fourth-order valence-corrected chi connectivity index (χ4v) is 5.35. The number of rotatable bonds is 3. The molecule has 1 amide bonds. The predicted molar refractivity (Wildman–Crippen MR) is 121 cm³/mol. The Hall–Kier alpha value is -3.73. The van der Waals surface area contributed by atoms with Crippen LogP contribution in [0.15, 0.2) is 46.5 Å². The number of hydrogen-bond acceptors (Lipinski definition) is 7. The van der Waals surface area contributed by atoms with E-state index in [-0.39, 0.29) is 22.4 Å². The molecular formula is C23H20N6O3S. The largest absolute Gasteiger partial charge is 0.295 e. The highest BCUT2D eigenvalue weighted by Gasteiger charge is 2.43. The third-order valence-corrected chi connectivity index (χ3v) is 7.57. The average Bonchev–Trinajstić information content (AvgIpc) is 3.36. The van der Waals surface area contributed by atoms with Gasteiger partial charge in [0.2, 0.25) is 16.0 Å². The highest BCUT2D eigenvalue weighted by atomic mass is 32.2. The molecule has 0 saturated heterocycles. The van der Waals surface area contributed by atoms with E-state index in [9.17, 15) is 13.2 Å². The maximum Gasteiger partial charge on any atom is 0.262 e. The fourth-order valence-electron chi connectivity index (χ4n) is 3.86. The van der Waals surface area contributed by atoms with Gasteiger partial charge in [0.1, 0.15) is 12.1 Å². The molecule has 33 heavy (non-hydrogen) atoms. The first-order valence-corrected chi connectivity index (χ1v) is 11.9. The summed E-state index contributed by atoms with van der Waals surface area (Å²) in [7, 11) is -2.14. The number of pyridine rings is 1. The Morgan fingerprint density at radius 2 is 1.97 bits per heavy atom. The maximum absolute atomic E-state index is 13.0. The molecule has 1 saturated carbocycles. The smallest absolute Gasteiger partial charge is 0.262 e. The number of nitriles is 1. The van der Waals surface area contributed by atoms with Crippen LogP contribution in [0.5, 0.6) is 0 Å². The van der Waals surface area contributed by atoms with E-state index in [1.807, 2.05) is 17.9 Å². The fraction of sp³-hybridized carbons (Fsp3) is 0.304. The van der Waals surface area contributed by atoms with Gasteiger partial charge in [0.05, 0.1) is 28.3 Å². The molecular weight excluding hydrogens is 440 g/mol. The molecule has 1 unspecified atom stereocenters. The minimum absolute atomic E-state index is 0.0535. The van der Waals surface area contributed by atoms with Crippen LogP contribution in [0.2, 0.25) is 0 Å². The minimum atomic E-state index is -3.75. The summed E-state index contributed by atoms with van der Waals surface area (Å²) < 4.78 is 28.4. The van der Waals surface area contributed by atoms with Gasteiger partial charge in [-0.2, -0.15) is 5.26 Å². The van der Waals surface area contributed by atoms with Gasteiger partial charge >= 0.3 is 0 Å². The topological polar surface area (TPSA) is 119 Å². The summed E-state index contributed by atoms with van der Waals surface area (Å²) in [6.07, 6.45) is 4.63. The number of aliphatic imine (C=N–C) groups is 1. The van der Waals surface area contributed by atoms with Crippen LogP contribution in [-0.4, -0.2) is 55.3 Å². The van der Waals surface area contributed by atoms with E-state index >= 15 is 0 Å². The van der Waals surface area contributed by atoms with E-state index in [2.05, 4.69) is 26.5 Å². The second-order valence-corrected chi connectivity index (χ2v) is 10.3. The highest BCUT2D eigenvalue weighted by molar-refractivity contribution is 7.89. The molecule has 1 aliphatic carbocycles. The Balaban J connectivity index is 1.51. The first-order chi connectivity index (χ1) is 15.7. The Kier molecular flexibility index (Phi) is 4.74. The zero-order valence-corrected chi connectivity index (χ0v) is 18.8. The van der Waals surface area contributed by atoms with Gasteiger partial charge in [0.15, 0.2) is 0 Å². The van der Waals surface area contributed by atoms with Gasteiger partial charge in [-0.3, -0.25) is 19.6 Å². The SMILES string of the molecule is CN1C(=O)c2cc(S(=O)(=O)NC3(C)CC3)ccc2N2C1=NCC2C#Cc1cncc(C#N)c1. The Morgan fingerprint density at radius 3 is 2.70 bits per heavy atom. The van der Waals surface area contributed by atoms with Crippen molar-refractivity contribution in [2.75, 3.05) is 18.5 Å². The van der Waals surface area contributed by atoms with Crippen molar-refractivity contribution in [1.29, 1.82) is 5.26 Å². The number of carbonyl (C=O) groups is 1. The molecule has 1 aromatic heterocycles. The molecule has 3 heterocycles. The quantitative estimate of drug-likeness (QED) is 0.693. The van der Waals surface area contributed by atoms with Gasteiger partial charge in [-0.05, 0) is 44.0 Å². The van der Waals surface area contributed by atoms with Crippen LogP contribution in [0.4, 0.5) is 5.69 Å². The molecule has 9 nitrogen and oxygen atoms in total. The molecule has 5 rings (SSSR count). The lowest BCUT2D eigenvalue weighted by Gasteiger charge is -2.35. The molecule has 1 N–H and O–H groups in total. The number of carbonyl (C=O) groups excluding carboxylic acids is 1. The zero-order chi connectivity index (χ0) is 23.4. The summed E-state index contributed by atoms with van der Waals surface area (Å²) in [5, 5.41) is 9.06. The Labute approximate surface area is 191 Å². The molecule has 1 aromatic carbocycles. The molecule has 2 aromatic rings. The zero-order valence-electron chi connectivity index (χ0n) is 18.0. The maximum atomic E-state index is 13.0. The number of amides is 1. The van der Waals surface area contributed by atoms with Crippen LogP contribution in [0.3, 0.4) is 0 Å². The second-order valence-electron chi connectivity index (χ2n) is 8.58. The predicted octanol–water partition coefficient (Wildman–Crippen LogP) is 1.47. The molecule has 0 radical (unpaired) electrons. The molecule has 0 bridgehead atoms. The summed E-state index contributed by atoms with van der Waals surface area (Å²) >= 11 is 0. The van der Waals surface area contributed by atoms with Crippen LogP contribution >= 0.6 is 0 Å². The first-order valence-electron chi connectivity index (χ1n) is 10.4. The monoisotopic (exact) mass is 460 g/mol. The second kappa shape index (κ2) is 7.41. The summed E-state index contributed by atoms with van der Waals surface area (Å²) in [4.78, 5) is 24.8. The van der Waals surface area contributed by atoms with Crippen molar-refractivity contribution in [3.63, 3.8) is 0 Å². The number of benzene rings is 1. The highest BCUT2D eigenvalue weighted by Crippen LogP contribution is 2.37. The number of sulfonamides is 1. The lowest BCUT2D eigenvalue weighted by molar-refractivity contribution is 0.0865. The van der Waals surface area contributed by atoms with Gasteiger partial charge in [-0.15, -0.1) is 0 Å². The van der Waals surface area contributed by atoms with Crippen molar-refractivity contribution in [1.82, 2.24) is 14.6 Å². The lowest BCUT2D eigenvalue weighted by atomic mass is 10.1. The number of nitrogens with one attached hydrogen (secondary N) is 1. The Morgan fingerprint density at radius 1 is 1.21 bits per heavy atom. The van der Waals surface area contributed by atoms with Crippen LogP contribution in [0.1, 0.15) is 41.3 Å². The van der Waals surface area contributed by atoms with E-state index < -0.39 is 15.6 Å². The van der Waals surface area contributed by atoms with Gasteiger partial charge in [0.25, 0.3) is 5.91 Å². The van der Waals surface area contributed by atoms with Gasteiger partial charge in [0, 0.05) is 30.5 Å². The summed E-state index contributed by atoms with van der Waals surface area (Å²) in [5.74, 6) is 6.33. The molecule has 1 fully saturated rings. The summed E-state index contributed by atoms with van der Waals surface area (Å²) in [6, 6.07) is 7.90. The van der Waals surface area contributed by atoms with Crippen molar-refractivity contribution in [2.24, 2.45) is 4.99 Å². The number of anilines is 1. The molecule has 3 aliphatic rings. The summed E-state index contributed by atoms with van der Waals surface area (Å²) in [6.45, 7) is 2.21. The van der Waals surface area contributed by atoms with Crippen LogP contribution in [0, 0.1) is 23.2 Å². The van der Waals surface area contributed by atoms with E-state index in [1.54, 1.807) is 25.4 Å². The molecule has 166 valence electrons.